The molecule has 1 amide bonds. The molecule has 36 heavy (non-hydrogen) atoms. The number of hydrogen-bond acceptors (Lipinski definition) is 7. The van der Waals surface area contributed by atoms with Crippen molar-refractivity contribution in [2.45, 2.75) is 30.7 Å². The van der Waals surface area contributed by atoms with Gasteiger partial charge in [0.2, 0.25) is 0 Å². The summed E-state index contributed by atoms with van der Waals surface area (Å²) >= 11 is 0. The van der Waals surface area contributed by atoms with E-state index in [9.17, 15) is 26.4 Å². The fraction of sp³-hybridized carbons (Fsp3) is 0.360. The molecule has 1 atom stereocenters. The Morgan fingerprint density at radius 1 is 1.14 bits per heavy atom. The number of carbonyl (C=O) groups is 2. The fourth-order valence-corrected chi connectivity index (χ4v) is 7.76. The molecule has 9 nitrogen and oxygen atoms in total. The van der Waals surface area contributed by atoms with Crippen molar-refractivity contribution in [1.82, 2.24) is 4.90 Å². The first kappa shape index (κ1) is 25.9. The lowest BCUT2D eigenvalue weighted by Crippen LogP contribution is -2.43. The molecular weight excluding hydrogens is 504 g/mol. The minimum absolute atomic E-state index is 0.0510. The van der Waals surface area contributed by atoms with Crippen LogP contribution in [-0.2, 0) is 40.6 Å². The van der Waals surface area contributed by atoms with Gasteiger partial charge in [-0.2, -0.15) is 0 Å². The Morgan fingerprint density at radius 3 is 2.53 bits per heavy atom. The van der Waals surface area contributed by atoms with Crippen LogP contribution in [-0.4, -0.2) is 70.9 Å². The van der Waals surface area contributed by atoms with Gasteiger partial charge >= 0.3 is 5.97 Å². The van der Waals surface area contributed by atoms with Crippen molar-refractivity contribution in [1.29, 1.82) is 0 Å². The van der Waals surface area contributed by atoms with Crippen molar-refractivity contribution < 1.29 is 31.2 Å². The zero-order valence-corrected chi connectivity index (χ0v) is 21.5. The average molecular weight is 533 g/mol. The maximum absolute atomic E-state index is 13.1. The molecule has 1 fully saturated rings. The normalized spacial score (nSPS) is 18.8. The molecule has 192 valence electrons. The van der Waals surface area contributed by atoms with Gasteiger partial charge in [-0.1, -0.05) is 30.3 Å². The molecule has 0 spiro atoms. The van der Waals surface area contributed by atoms with Gasteiger partial charge in [-0.25, -0.2) is 21.6 Å². The first-order chi connectivity index (χ1) is 17.1. The number of para-hydroxylation sites is 1. The van der Waals surface area contributed by atoms with Crippen molar-refractivity contribution in [2.75, 3.05) is 35.5 Å². The van der Waals surface area contributed by atoms with E-state index in [-0.39, 0.29) is 16.4 Å². The lowest BCUT2D eigenvalue weighted by molar-refractivity contribution is -0.149. The molecule has 0 bridgehead atoms. The second-order valence-electron chi connectivity index (χ2n) is 8.70. The van der Waals surface area contributed by atoms with E-state index >= 15 is 0 Å². The summed E-state index contributed by atoms with van der Waals surface area (Å²) in [4.78, 5) is 26.1. The van der Waals surface area contributed by atoms with Crippen LogP contribution in [0, 0.1) is 0 Å². The summed E-state index contributed by atoms with van der Waals surface area (Å²) in [5.41, 5.74) is 2.27. The van der Waals surface area contributed by atoms with Gasteiger partial charge in [-0.05, 0) is 55.2 Å². The molecule has 2 aromatic rings. The summed E-state index contributed by atoms with van der Waals surface area (Å²) in [5.74, 6) is -1.20. The molecule has 2 aromatic carbocycles. The van der Waals surface area contributed by atoms with E-state index in [1.165, 1.54) is 27.4 Å². The second-order valence-corrected chi connectivity index (χ2v) is 12.8. The van der Waals surface area contributed by atoms with Crippen molar-refractivity contribution in [2.24, 2.45) is 0 Å². The van der Waals surface area contributed by atoms with Gasteiger partial charge in [0.1, 0.15) is 0 Å². The third-order valence-electron chi connectivity index (χ3n) is 6.37. The Morgan fingerprint density at radius 2 is 1.86 bits per heavy atom. The molecule has 0 aromatic heterocycles. The quantitative estimate of drug-likeness (QED) is 0.377. The van der Waals surface area contributed by atoms with Crippen molar-refractivity contribution in [3.05, 3.63) is 65.7 Å². The molecule has 4 rings (SSSR count). The number of amides is 1. The Labute approximate surface area is 211 Å². The highest BCUT2D eigenvalue weighted by Crippen LogP contribution is 2.32. The number of ether oxygens (including phenoxy) is 1. The van der Waals surface area contributed by atoms with E-state index < -0.39 is 44.4 Å². The van der Waals surface area contributed by atoms with Gasteiger partial charge in [0.05, 0.1) is 22.1 Å². The highest BCUT2D eigenvalue weighted by Gasteiger charge is 2.34. The molecule has 0 aliphatic carbocycles. The number of likely N-dealkylation sites (N-methyl/N-ethyl adjacent to an activating group) is 1. The van der Waals surface area contributed by atoms with Crippen LogP contribution >= 0.6 is 0 Å². The molecule has 1 saturated heterocycles. The van der Waals surface area contributed by atoms with Gasteiger partial charge in [0.25, 0.3) is 15.9 Å². The standard InChI is InChI=1S/C25H28N2O7S2/c1-2-26(21-14-16-35(30,31)18-21)24(28)17-34-25(29)12-9-19-7-10-22(11-8-19)36(32,33)27-15-13-20-5-3-4-6-23(20)27/h3-12,21H,2,13-18H2,1H3/b12-9+/t21-/m0/s1. The van der Waals surface area contributed by atoms with Crippen LogP contribution in [0.5, 0.6) is 0 Å². The molecule has 0 saturated carbocycles. The molecule has 11 heteroatoms. The van der Waals surface area contributed by atoms with Crippen LogP contribution in [0.1, 0.15) is 24.5 Å². The zero-order chi connectivity index (χ0) is 25.9. The SMILES string of the molecule is CCN(C(=O)COC(=O)/C=C/c1ccc(S(=O)(=O)N2CCc3ccccc32)cc1)[C@H]1CCS(=O)(=O)C1. The lowest BCUT2D eigenvalue weighted by Gasteiger charge is -2.26. The molecule has 2 aliphatic rings. The Kier molecular flexibility index (Phi) is 7.51. The van der Waals surface area contributed by atoms with Gasteiger partial charge in [0.15, 0.2) is 16.4 Å². The summed E-state index contributed by atoms with van der Waals surface area (Å²) in [6, 6.07) is 13.2. The number of esters is 1. The lowest BCUT2D eigenvalue weighted by atomic mass is 10.2. The zero-order valence-electron chi connectivity index (χ0n) is 19.9. The smallest absolute Gasteiger partial charge is 0.331 e. The third kappa shape index (κ3) is 5.62. The largest absolute Gasteiger partial charge is 0.452 e. The predicted molar refractivity (Wildman–Crippen MR) is 136 cm³/mol. The van der Waals surface area contributed by atoms with Crippen LogP contribution in [0.2, 0.25) is 0 Å². The number of sulfone groups is 1. The maximum Gasteiger partial charge on any atom is 0.331 e. The van der Waals surface area contributed by atoms with Crippen LogP contribution in [0.4, 0.5) is 5.69 Å². The minimum Gasteiger partial charge on any atom is -0.452 e. The number of anilines is 1. The minimum atomic E-state index is -3.71. The van der Waals surface area contributed by atoms with Crippen molar-refractivity contribution >= 4 is 43.5 Å². The molecule has 0 N–H and O–H groups in total. The number of carbonyl (C=O) groups excluding carboxylic acids is 2. The average Bonchev–Trinajstić information content (AvgIpc) is 3.45. The van der Waals surface area contributed by atoms with Crippen molar-refractivity contribution in [3.63, 3.8) is 0 Å². The first-order valence-electron chi connectivity index (χ1n) is 11.7. The molecule has 0 unspecified atom stereocenters. The summed E-state index contributed by atoms with van der Waals surface area (Å²) in [7, 11) is -6.84. The van der Waals surface area contributed by atoms with E-state index in [4.69, 9.17) is 4.74 Å². The highest BCUT2D eigenvalue weighted by atomic mass is 32.2. The monoisotopic (exact) mass is 532 g/mol. The van der Waals surface area contributed by atoms with Crippen LogP contribution < -0.4 is 4.31 Å². The number of sulfonamides is 1. The topological polar surface area (TPSA) is 118 Å². The number of fused-ring (bicyclic) bond motifs is 1. The molecule has 0 radical (unpaired) electrons. The van der Waals surface area contributed by atoms with Crippen molar-refractivity contribution in [3.8, 4) is 0 Å². The second kappa shape index (κ2) is 10.4. The Balaban J connectivity index is 1.33. The molecule has 2 heterocycles. The molecule has 2 aliphatic heterocycles. The van der Waals surface area contributed by atoms with E-state index in [0.717, 1.165) is 11.6 Å². The Hall–Kier alpha value is -3.18. The van der Waals surface area contributed by atoms with E-state index in [1.807, 2.05) is 18.2 Å². The van der Waals surface area contributed by atoms with Gasteiger partial charge < -0.3 is 9.64 Å². The van der Waals surface area contributed by atoms with Crippen LogP contribution in [0.15, 0.2) is 59.5 Å². The maximum atomic E-state index is 13.1. The van der Waals surface area contributed by atoms with Gasteiger partial charge in [-0.3, -0.25) is 9.10 Å². The number of nitrogens with zero attached hydrogens (tertiary/aromatic N) is 2. The van der Waals surface area contributed by atoms with E-state index in [1.54, 1.807) is 25.1 Å². The fourth-order valence-electron chi connectivity index (χ4n) is 4.52. The van der Waals surface area contributed by atoms with Crippen LogP contribution in [0.25, 0.3) is 6.08 Å². The summed E-state index contributed by atoms with van der Waals surface area (Å²) in [5, 5.41) is 0. The van der Waals surface area contributed by atoms with E-state index in [2.05, 4.69) is 0 Å². The van der Waals surface area contributed by atoms with Crippen LogP contribution in [0.3, 0.4) is 0 Å². The third-order valence-corrected chi connectivity index (χ3v) is 9.95. The Bertz CT molecular complexity index is 1380. The summed E-state index contributed by atoms with van der Waals surface area (Å²) in [6.07, 6.45) is 3.67. The van der Waals surface area contributed by atoms with Gasteiger partial charge in [0, 0.05) is 25.2 Å². The summed E-state index contributed by atoms with van der Waals surface area (Å²) < 4.78 is 56.0. The number of benzene rings is 2. The van der Waals surface area contributed by atoms with E-state index in [0.29, 0.717) is 37.2 Å². The van der Waals surface area contributed by atoms with Gasteiger partial charge in [-0.15, -0.1) is 0 Å². The number of hydrogen-bond donors (Lipinski definition) is 0. The molecular formula is C25H28N2O7S2. The first-order valence-corrected chi connectivity index (χ1v) is 14.9. The predicted octanol–water partition coefficient (Wildman–Crippen LogP) is 2.03. The number of rotatable bonds is 8. The highest BCUT2D eigenvalue weighted by molar-refractivity contribution is 7.93. The summed E-state index contributed by atoms with van der Waals surface area (Å²) in [6.45, 7) is 1.98.